The molecule has 0 heterocycles. The van der Waals surface area contributed by atoms with Gasteiger partial charge in [0.2, 0.25) is 0 Å². The molecule has 1 aromatic rings. The number of hydrogen-bond acceptors (Lipinski definition) is 2. The van der Waals surface area contributed by atoms with E-state index in [1.54, 1.807) is 0 Å². The van der Waals surface area contributed by atoms with Crippen molar-refractivity contribution in [2.45, 2.75) is 33.6 Å². The van der Waals surface area contributed by atoms with Crippen molar-refractivity contribution in [2.24, 2.45) is 0 Å². The first-order chi connectivity index (χ1) is 8.56. The summed E-state index contributed by atoms with van der Waals surface area (Å²) in [5.41, 5.74) is 2.93. The Morgan fingerprint density at radius 2 is 1.89 bits per heavy atom. The predicted octanol–water partition coefficient (Wildman–Crippen LogP) is 2.96. The first-order valence-corrected chi connectivity index (χ1v) is 6.62. The minimum atomic E-state index is -0.237. The standard InChI is InChI=1S/C14H20N2OS/c1-4-5-9-15-14(18)13(17)16-12-10(2)7-6-8-11(12)3/h6-8H,4-5,9H2,1-3H3,(H,15,18)(H,16,17). The highest BCUT2D eigenvalue weighted by atomic mass is 32.1. The van der Waals surface area contributed by atoms with Crippen LogP contribution in [0.15, 0.2) is 18.2 Å². The molecule has 0 radical (unpaired) electrons. The number of unbranched alkanes of at least 4 members (excludes halogenated alkanes) is 1. The first-order valence-electron chi connectivity index (χ1n) is 6.21. The lowest BCUT2D eigenvalue weighted by Crippen LogP contribution is -2.34. The second kappa shape index (κ2) is 7.11. The van der Waals surface area contributed by atoms with Crippen molar-refractivity contribution in [2.75, 3.05) is 11.9 Å². The van der Waals surface area contributed by atoms with Crippen LogP contribution in [0.1, 0.15) is 30.9 Å². The van der Waals surface area contributed by atoms with Crippen molar-refractivity contribution in [1.29, 1.82) is 0 Å². The summed E-state index contributed by atoms with van der Waals surface area (Å²) >= 11 is 5.05. The van der Waals surface area contributed by atoms with E-state index in [1.165, 1.54) is 0 Å². The molecule has 0 aromatic heterocycles. The van der Waals surface area contributed by atoms with E-state index in [0.717, 1.165) is 36.2 Å². The fraction of sp³-hybridized carbons (Fsp3) is 0.429. The normalized spacial score (nSPS) is 9.94. The number of rotatable bonds is 4. The minimum absolute atomic E-state index is 0.237. The van der Waals surface area contributed by atoms with Crippen LogP contribution in [0.5, 0.6) is 0 Å². The van der Waals surface area contributed by atoms with E-state index in [4.69, 9.17) is 12.2 Å². The average molecular weight is 264 g/mol. The number of thiocarbonyl (C=S) groups is 1. The molecular formula is C14H20N2OS. The predicted molar refractivity (Wildman–Crippen MR) is 80.1 cm³/mol. The van der Waals surface area contributed by atoms with Crippen molar-refractivity contribution in [3.8, 4) is 0 Å². The van der Waals surface area contributed by atoms with E-state index in [9.17, 15) is 4.79 Å². The summed E-state index contributed by atoms with van der Waals surface area (Å²) in [5.74, 6) is -0.237. The van der Waals surface area contributed by atoms with Gasteiger partial charge in [-0.1, -0.05) is 43.8 Å². The molecule has 0 atom stereocenters. The quantitative estimate of drug-likeness (QED) is 0.649. The van der Waals surface area contributed by atoms with Crippen molar-refractivity contribution < 1.29 is 4.79 Å². The number of benzene rings is 1. The zero-order valence-electron chi connectivity index (χ0n) is 11.2. The molecule has 3 nitrogen and oxygen atoms in total. The Kier molecular flexibility index (Phi) is 5.78. The Hall–Kier alpha value is -1.42. The molecule has 0 unspecified atom stereocenters. The maximum absolute atomic E-state index is 11.9. The first kappa shape index (κ1) is 14.6. The SMILES string of the molecule is CCCCNC(=S)C(=O)Nc1c(C)cccc1C. The average Bonchev–Trinajstić information content (AvgIpc) is 2.34. The van der Waals surface area contributed by atoms with Gasteiger partial charge in [-0.25, -0.2) is 0 Å². The zero-order valence-corrected chi connectivity index (χ0v) is 12.0. The molecule has 98 valence electrons. The summed E-state index contributed by atoms with van der Waals surface area (Å²) in [5, 5.41) is 5.82. The molecule has 0 saturated carbocycles. The minimum Gasteiger partial charge on any atom is -0.372 e. The van der Waals surface area contributed by atoms with E-state index in [1.807, 2.05) is 32.0 Å². The number of amides is 1. The van der Waals surface area contributed by atoms with Crippen molar-refractivity contribution in [3.05, 3.63) is 29.3 Å². The maximum atomic E-state index is 11.9. The van der Waals surface area contributed by atoms with Gasteiger partial charge in [-0.15, -0.1) is 0 Å². The lowest BCUT2D eigenvalue weighted by Gasteiger charge is -2.12. The molecule has 0 spiro atoms. The monoisotopic (exact) mass is 264 g/mol. The van der Waals surface area contributed by atoms with E-state index in [2.05, 4.69) is 17.6 Å². The van der Waals surface area contributed by atoms with Crippen molar-refractivity contribution in [3.63, 3.8) is 0 Å². The molecule has 2 N–H and O–H groups in total. The van der Waals surface area contributed by atoms with Gasteiger partial charge in [0.1, 0.15) is 0 Å². The van der Waals surface area contributed by atoms with Gasteiger partial charge < -0.3 is 10.6 Å². The van der Waals surface area contributed by atoms with E-state index < -0.39 is 0 Å². The molecule has 0 bridgehead atoms. The van der Waals surface area contributed by atoms with Gasteiger partial charge in [-0.3, -0.25) is 4.79 Å². The lowest BCUT2D eigenvalue weighted by atomic mass is 10.1. The van der Waals surface area contributed by atoms with Crippen LogP contribution in [0.25, 0.3) is 0 Å². The third kappa shape index (κ3) is 4.11. The highest BCUT2D eigenvalue weighted by Gasteiger charge is 2.11. The van der Waals surface area contributed by atoms with Crippen molar-refractivity contribution >= 4 is 28.8 Å². The van der Waals surface area contributed by atoms with Crippen LogP contribution in [0.4, 0.5) is 5.69 Å². The number of para-hydroxylation sites is 1. The molecule has 4 heteroatoms. The third-order valence-corrected chi connectivity index (χ3v) is 3.07. The molecule has 18 heavy (non-hydrogen) atoms. The Morgan fingerprint density at radius 3 is 2.44 bits per heavy atom. The van der Waals surface area contributed by atoms with Gasteiger partial charge in [0.05, 0.1) is 0 Å². The maximum Gasteiger partial charge on any atom is 0.283 e. The van der Waals surface area contributed by atoms with Gasteiger partial charge >= 0.3 is 0 Å². The lowest BCUT2D eigenvalue weighted by molar-refractivity contribution is -0.110. The molecule has 0 fully saturated rings. The smallest absolute Gasteiger partial charge is 0.283 e. The number of hydrogen-bond donors (Lipinski definition) is 2. The van der Waals surface area contributed by atoms with Crippen LogP contribution < -0.4 is 10.6 Å². The van der Waals surface area contributed by atoms with Gasteiger partial charge in [-0.2, -0.15) is 0 Å². The summed E-state index contributed by atoms with van der Waals surface area (Å²) in [6.07, 6.45) is 2.09. The highest BCUT2D eigenvalue weighted by molar-refractivity contribution is 7.82. The topological polar surface area (TPSA) is 41.1 Å². The van der Waals surface area contributed by atoms with Crippen molar-refractivity contribution in [1.82, 2.24) is 5.32 Å². The van der Waals surface area contributed by atoms with Crippen LogP contribution in [0.2, 0.25) is 0 Å². The van der Waals surface area contributed by atoms with Gasteiger partial charge in [0.15, 0.2) is 4.99 Å². The molecule has 0 aliphatic heterocycles. The summed E-state index contributed by atoms with van der Waals surface area (Å²) in [6.45, 7) is 6.78. The number of carbonyl (C=O) groups excluding carboxylic acids is 1. The summed E-state index contributed by atoms with van der Waals surface area (Å²) in [4.78, 5) is 12.2. The van der Waals surface area contributed by atoms with E-state index in [-0.39, 0.29) is 10.9 Å². The highest BCUT2D eigenvalue weighted by Crippen LogP contribution is 2.19. The zero-order chi connectivity index (χ0) is 13.5. The van der Waals surface area contributed by atoms with Crippen LogP contribution in [-0.2, 0) is 4.79 Å². The van der Waals surface area contributed by atoms with Gasteiger partial charge in [-0.05, 0) is 31.4 Å². The van der Waals surface area contributed by atoms with Crippen LogP contribution in [-0.4, -0.2) is 17.4 Å². The molecule has 1 rings (SSSR count). The van der Waals surface area contributed by atoms with Crippen LogP contribution in [0, 0.1) is 13.8 Å². The number of carbonyl (C=O) groups is 1. The fourth-order valence-corrected chi connectivity index (χ4v) is 1.79. The molecule has 1 aromatic carbocycles. The fourth-order valence-electron chi connectivity index (χ4n) is 1.64. The Morgan fingerprint density at radius 1 is 1.28 bits per heavy atom. The number of anilines is 1. The van der Waals surface area contributed by atoms with E-state index >= 15 is 0 Å². The second-order valence-corrected chi connectivity index (χ2v) is 4.74. The molecule has 0 aliphatic carbocycles. The molecule has 1 amide bonds. The second-order valence-electron chi connectivity index (χ2n) is 4.33. The summed E-state index contributed by atoms with van der Waals surface area (Å²) in [6, 6.07) is 5.91. The third-order valence-electron chi connectivity index (χ3n) is 2.74. The number of aryl methyl sites for hydroxylation is 2. The van der Waals surface area contributed by atoms with E-state index in [0.29, 0.717) is 0 Å². The number of nitrogens with one attached hydrogen (secondary N) is 2. The molecular weight excluding hydrogens is 244 g/mol. The summed E-state index contributed by atoms with van der Waals surface area (Å²) in [7, 11) is 0. The largest absolute Gasteiger partial charge is 0.372 e. The van der Waals surface area contributed by atoms with Crippen LogP contribution >= 0.6 is 12.2 Å². The summed E-state index contributed by atoms with van der Waals surface area (Å²) < 4.78 is 0. The molecule has 0 saturated heterocycles. The Balaban J connectivity index is 2.61. The van der Waals surface area contributed by atoms with Gasteiger partial charge in [0.25, 0.3) is 5.91 Å². The Bertz CT molecular complexity index is 423. The van der Waals surface area contributed by atoms with Gasteiger partial charge in [0, 0.05) is 12.2 Å². The molecule has 0 aliphatic rings. The Labute approximate surface area is 114 Å². The van der Waals surface area contributed by atoms with Crippen LogP contribution in [0.3, 0.4) is 0 Å².